The molecule has 1 aromatic rings. The molecule has 110 valence electrons. The Hall–Kier alpha value is -1.39. The van der Waals surface area contributed by atoms with Gasteiger partial charge in [0, 0.05) is 18.7 Å². The van der Waals surface area contributed by atoms with Gasteiger partial charge < -0.3 is 16.0 Å². The Morgan fingerprint density at radius 3 is 3.10 bits per heavy atom. The van der Waals surface area contributed by atoms with Crippen LogP contribution in [-0.4, -0.2) is 25.5 Å². The Balaban J connectivity index is 1.77. The fourth-order valence-electron chi connectivity index (χ4n) is 2.55. The summed E-state index contributed by atoms with van der Waals surface area (Å²) in [5, 5.41) is 9.62. The van der Waals surface area contributed by atoms with Gasteiger partial charge in [-0.25, -0.2) is 0 Å². The smallest absolute Gasteiger partial charge is 0.224 e. The Morgan fingerprint density at radius 1 is 1.45 bits per heavy atom. The molecule has 0 bridgehead atoms. The molecular weight excluding hydrogens is 250 g/mol. The summed E-state index contributed by atoms with van der Waals surface area (Å²) in [6.45, 7) is 6.04. The van der Waals surface area contributed by atoms with E-state index in [9.17, 15) is 4.79 Å². The van der Waals surface area contributed by atoms with Gasteiger partial charge in [-0.1, -0.05) is 19.1 Å². The zero-order valence-corrected chi connectivity index (χ0v) is 12.2. The van der Waals surface area contributed by atoms with Crippen LogP contribution in [0.25, 0.3) is 0 Å². The SMILES string of the molecule is CCNCc1cccc(NC(=O)CCC2CCNC2)c1. The van der Waals surface area contributed by atoms with E-state index in [0.717, 1.165) is 38.3 Å². The quantitative estimate of drug-likeness (QED) is 0.714. The van der Waals surface area contributed by atoms with Crippen LogP contribution in [0.3, 0.4) is 0 Å². The lowest BCUT2D eigenvalue weighted by Gasteiger charge is -2.10. The highest BCUT2D eigenvalue weighted by Crippen LogP contribution is 2.16. The van der Waals surface area contributed by atoms with Crippen LogP contribution in [0.15, 0.2) is 24.3 Å². The van der Waals surface area contributed by atoms with E-state index < -0.39 is 0 Å². The highest BCUT2D eigenvalue weighted by Gasteiger charge is 2.15. The maximum Gasteiger partial charge on any atom is 0.224 e. The van der Waals surface area contributed by atoms with Crippen molar-refractivity contribution in [1.29, 1.82) is 0 Å². The summed E-state index contributed by atoms with van der Waals surface area (Å²) in [6.07, 6.45) is 2.80. The molecule has 0 spiro atoms. The minimum atomic E-state index is 0.123. The number of carbonyl (C=O) groups excluding carboxylic acids is 1. The van der Waals surface area contributed by atoms with Crippen LogP contribution >= 0.6 is 0 Å². The highest BCUT2D eigenvalue weighted by molar-refractivity contribution is 5.90. The van der Waals surface area contributed by atoms with E-state index in [2.05, 4.69) is 28.9 Å². The van der Waals surface area contributed by atoms with E-state index in [1.165, 1.54) is 12.0 Å². The molecule has 0 aliphatic carbocycles. The fraction of sp³-hybridized carbons (Fsp3) is 0.562. The van der Waals surface area contributed by atoms with Gasteiger partial charge in [0.05, 0.1) is 0 Å². The van der Waals surface area contributed by atoms with Crippen LogP contribution in [-0.2, 0) is 11.3 Å². The molecule has 2 rings (SSSR count). The van der Waals surface area contributed by atoms with E-state index in [1.54, 1.807) is 0 Å². The minimum absolute atomic E-state index is 0.123. The van der Waals surface area contributed by atoms with Crippen molar-refractivity contribution in [2.24, 2.45) is 5.92 Å². The van der Waals surface area contributed by atoms with Crippen molar-refractivity contribution in [3.63, 3.8) is 0 Å². The largest absolute Gasteiger partial charge is 0.326 e. The number of rotatable bonds is 7. The molecule has 4 heteroatoms. The van der Waals surface area contributed by atoms with Crippen LogP contribution in [0.5, 0.6) is 0 Å². The third kappa shape index (κ3) is 4.94. The fourth-order valence-corrected chi connectivity index (χ4v) is 2.55. The van der Waals surface area contributed by atoms with Crippen LogP contribution < -0.4 is 16.0 Å². The van der Waals surface area contributed by atoms with Gasteiger partial charge in [-0.15, -0.1) is 0 Å². The van der Waals surface area contributed by atoms with Crippen molar-refractivity contribution in [2.45, 2.75) is 32.7 Å². The van der Waals surface area contributed by atoms with Gasteiger partial charge in [0.1, 0.15) is 0 Å². The normalized spacial score (nSPS) is 18.1. The molecule has 20 heavy (non-hydrogen) atoms. The lowest BCUT2D eigenvalue weighted by atomic mass is 10.0. The van der Waals surface area contributed by atoms with E-state index in [4.69, 9.17) is 0 Å². The monoisotopic (exact) mass is 275 g/mol. The molecule has 1 aliphatic heterocycles. The van der Waals surface area contributed by atoms with Gasteiger partial charge in [-0.3, -0.25) is 4.79 Å². The highest BCUT2D eigenvalue weighted by atomic mass is 16.1. The van der Waals surface area contributed by atoms with Crippen LogP contribution in [0.4, 0.5) is 5.69 Å². The molecule has 4 nitrogen and oxygen atoms in total. The summed E-state index contributed by atoms with van der Waals surface area (Å²) in [5.74, 6) is 0.790. The van der Waals surface area contributed by atoms with Crippen molar-refractivity contribution in [2.75, 3.05) is 25.0 Å². The third-order valence-corrected chi connectivity index (χ3v) is 3.73. The second-order valence-corrected chi connectivity index (χ2v) is 5.43. The topological polar surface area (TPSA) is 53.2 Å². The average molecular weight is 275 g/mol. The molecule has 1 saturated heterocycles. The molecule has 1 aliphatic rings. The van der Waals surface area contributed by atoms with Crippen molar-refractivity contribution in [1.82, 2.24) is 10.6 Å². The Kier molecular flexibility index (Phi) is 6.02. The molecule has 0 radical (unpaired) electrons. The average Bonchev–Trinajstić information content (AvgIpc) is 2.97. The van der Waals surface area contributed by atoms with Crippen molar-refractivity contribution in [3.05, 3.63) is 29.8 Å². The standard InChI is InChI=1S/C16H25N3O/c1-2-17-12-14-4-3-5-15(10-14)19-16(20)7-6-13-8-9-18-11-13/h3-5,10,13,17-18H,2,6-9,11-12H2,1H3,(H,19,20). The summed E-state index contributed by atoms with van der Waals surface area (Å²) in [7, 11) is 0. The number of amides is 1. The van der Waals surface area contributed by atoms with E-state index in [1.807, 2.05) is 18.2 Å². The second-order valence-electron chi connectivity index (χ2n) is 5.43. The maximum absolute atomic E-state index is 11.9. The van der Waals surface area contributed by atoms with Gasteiger partial charge in [0.2, 0.25) is 5.91 Å². The number of nitrogens with one attached hydrogen (secondary N) is 3. The number of hydrogen-bond donors (Lipinski definition) is 3. The maximum atomic E-state index is 11.9. The van der Waals surface area contributed by atoms with Gasteiger partial charge in [0.15, 0.2) is 0 Å². The molecule has 1 unspecified atom stereocenters. The number of carbonyl (C=O) groups is 1. The first kappa shape index (κ1) is 15.0. The summed E-state index contributed by atoms with van der Waals surface area (Å²) in [6, 6.07) is 8.05. The zero-order valence-electron chi connectivity index (χ0n) is 12.2. The Morgan fingerprint density at radius 2 is 2.35 bits per heavy atom. The predicted octanol–water partition coefficient (Wildman–Crippen LogP) is 2.12. The molecule has 0 saturated carbocycles. The molecule has 0 aromatic heterocycles. The van der Waals surface area contributed by atoms with Crippen molar-refractivity contribution in [3.8, 4) is 0 Å². The predicted molar refractivity (Wildman–Crippen MR) is 82.7 cm³/mol. The summed E-state index contributed by atoms with van der Waals surface area (Å²) >= 11 is 0. The second kappa shape index (κ2) is 8.02. The molecule has 1 heterocycles. The molecule has 1 amide bonds. The van der Waals surface area contributed by atoms with Gasteiger partial charge in [-0.2, -0.15) is 0 Å². The van der Waals surface area contributed by atoms with E-state index in [-0.39, 0.29) is 5.91 Å². The molecule has 1 aromatic carbocycles. The Labute approximate surface area is 121 Å². The lowest BCUT2D eigenvalue weighted by molar-refractivity contribution is -0.116. The number of anilines is 1. The summed E-state index contributed by atoms with van der Waals surface area (Å²) in [4.78, 5) is 11.9. The van der Waals surface area contributed by atoms with Crippen LogP contribution in [0, 0.1) is 5.92 Å². The zero-order chi connectivity index (χ0) is 14.2. The van der Waals surface area contributed by atoms with Gasteiger partial charge >= 0.3 is 0 Å². The molecule has 3 N–H and O–H groups in total. The first-order valence-corrected chi connectivity index (χ1v) is 7.58. The van der Waals surface area contributed by atoms with Crippen molar-refractivity contribution >= 4 is 11.6 Å². The minimum Gasteiger partial charge on any atom is -0.326 e. The molecule has 1 fully saturated rings. The number of hydrogen-bond acceptors (Lipinski definition) is 3. The first-order chi connectivity index (χ1) is 9.78. The van der Waals surface area contributed by atoms with Crippen LogP contribution in [0.1, 0.15) is 31.7 Å². The van der Waals surface area contributed by atoms with Gasteiger partial charge in [-0.05, 0) is 56.1 Å². The molecule has 1 atom stereocenters. The summed E-state index contributed by atoms with van der Waals surface area (Å²) < 4.78 is 0. The Bertz CT molecular complexity index is 427. The van der Waals surface area contributed by atoms with E-state index >= 15 is 0 Å². The van der Waals surface area contributed by atoms with Gasteiger partial charge in [0.25, 0.3) is 0 Å². The summed E-state index contributed by atoms with van der Waals surface area (Å²) in [5.41, 5.74) is 2.10. The third-order valence-electron chi connectivity index (χ3n) is 3.73. The lowest BCUT2D eigenvalue weighted by Crippen LogP contribution is -2.15. The van der Waals surface area contributed by atoms with Crippen LogP contribution in [0.2, 0.25) is 0 Å². The first-order valence-electron chi connectivity index (χ1n) is 7.58. The number of benzene rings is 1. The van der Waals surface area contributed by atoms with Crippen molar-refractivity contribution < 1.29 is 4.79 Å². The van der Waals surface area contributed by atoms with E-state index in [0.29, 0.717) is 12.3 Å². The molecular formula is C16H25N3O.